The number of thiophene rings is 1. The lowest BCUT2D eigenvalue weighted by molar-refractivity contribution is 0.628. The summed E-state index contributed by atoms with van der Waals surface area (Å²) in [6.45, 7) is 0. The van der Waals surface area contributed by atoms with Crippen molar-refractivity contribution in [2.45, 2.75) is 0 Å². The SMILES string of the molecule is Fc1cccc(-c2cc3c[c]ccc3s2)c1. The molecule has 0 N–H and O–H groups in total. The van der Waals surface area contributed by atoms with Crippen molar-refractivity contribution in [3.8, 4) is 10.4 Å². The third kappa shape index (κ3) is 1.61. The van der Waals surface area contributed by atoms with E-state index in [-0.39, 0.29) is 5.82 Å². The maximum Gasteiger partial charge on any atom is 0.123 e. The van der Waals surface area contributed by atoms with Gasteiger partial charge in [0.15, 0.2) is 0 Å². The van der Waals surface area contributed by atoms with Crippen molar-refractivity contribution in [1.29, 1.82) is 0 Å². The van der Waals surface area contributed by atoms with Gasteiger partial charge in [-0.3, -0.25) is 0 Å². The summed E-state index contributed by atoms with van der Waals surface area (Å²) in [7, 11) is 0. The van der Waals surface area contributed by atoms with Crippen molar-refractivity contribution in [2.24, 2.45) is 0 Å². The first-order valence-corrected chi connectivity index (χ1v) is 5.80. The van der Waals surface area contributed by atoms with Crippen molar-refractivity contribution in [2.75, 3.05) is 0 Å². The van der Waals surface area contributed by atoms with Crippen molar-refractivity contribution >= 4 is 21.4 Å². The maximum atomic E-state index is 13.1. The molecule has 2 heteroatoms. The van der Waals surface area contributed by atoms with Gasteiger partial charge in [0.25, 0.3) is 0 Å². The topological polar surface area (TPSA) is 0 Å². The Morgan fingerprint density at radius 1 is 1.12 bits per heavy atom. The maximum absolute atomic E-state index is 13.1. The molecule has 0 saturated heterocycles. The lowest BCUT2D eigenvalue weighted by Gasteiger charge is -1.95. The van der Waals surface area contributed by atoms with E-state index in [0.29, 0.717) is 0 Å². The summed E-state index contributed by atoms with van der Waals surface area (Å²) in [6, 6.07) is 17.7. The third-order valence-corrected chi connectivity index (χ3v) is 3.64. The van der Waals surface area contributed by atoms with E-state index in [4.69, 9.17) is 0 Å². The Labute approximate surface area is 97.0 Å². The van der Waals surface area contributed by atoms with E-state index in [1.165, 1.54) is 10.8 Å². The molecule has 3 rings (SSSR count). The van der Waals surface area contributed by atoms with E-state index < -0.39 is 0 Å². The van der Waals surface area contributed by atoms with Crippen LogP contribution in [-0.4, -0.2) is 0 Å². The molecule has 1 heterocycles. The number of benzene rings is 2. The Balaban J connectivity index is 2.19. The van der Waals surface area contributed by atoms with E-state index in [9.17, 15) is 4.39 Å². The average Bonchev–Trinajstić information content (AvgIpc) is 2.72. The summed E-state index contributed by atoms with van der Waals surface area (Å²) in [6.07, 6.45) is 0. The smallest absolute Gasteiger partial charge is 0.123 e. The van der Waals surface area contributed by atoms with Crippen LogP contribution < -0.4 is 0 Å². The van der Waals surface area contributed by atoms with Crippen LogP contribution in [0.25, 0.3) is 20.5 Å². The Hall–Kier alpha value is -1.67. The first-order valence-electron chi connectivity index (χ1n) is 4.98. The molecule has 3 aromatic rings. The molecule has 0 aliphatic heterocycles. The number of rotatable bonds is 1. The minimum Gasteiger partial charge on any atom is -0.207 e. The monoisotopic (exact) mass is 227 g/mol. The average molecular weight is 227 g/mol. The molecule has 0 amide bonds. The van der Waals surface area contributed by atoms with Crippen LogP contribution in [0.4, 0.5) is 4.39 Å². The van der Waals surface area contributed by atoms with Crippen molar-refractivity contribution < 1.29 is 4.39 Å². The highest BCUT2D eigenvalue weighted by molar-refractivity contribution is 7.22. The molecule has 0 saturated carbocycles. The standard InChI is InChI=1S/C14H8FS/c15-12-6-3-5-10(8-12)14-9-11-4-1-2-7-13(11)16-14/h2-9H. The van der Waals surface area contributed by atoms with Crippen molar-refractivity contribution in [3.05, 3.63) is 60.4 Å². The lowest BCUT2D eigenvalue weighted by atomic mass is 10.1. The quantitative estimate of drug-likeness (QED) is 0.574. The van der Waals surface area contributed by atoms with E-state index in [2.05, 4.69) is 12.1 Å². The number of halogens is 1. The molecular weight excluding hydrogens is 219 g/mol. The fraction of sp³-hybridized carbons (Fsp3) is 0. The molecule has 0 aliphatic rings. The zero-order chi connectivity index (χ0) is 11.0. The minimum atomic E-state index is -0.193. The predicted molar refractivity (Wildman–Crippen MR) is 66.1 cm³/mol. The summed E-state index contributed by atoms with van der Waals surface area (Å²) in [4.78, 5) is 1.09. The molecule has 1 radical (unpaired) electrons. The van der Waals surface area contributed by atoms with E-state index >= 15 is 0 Å². The Morgan fingerprint density at radius 2 is 2.06 bits per heavy atom. The second-order valence-electron chi connectivity index (χ2n) is 3.58. The molecule has 0 unspecified atom stereocenters. The highest BCUT2D eigenvalue weighted by atomic mass is 32.1. The number of hydrogen-bond acceptors (Lipinski definition) is 1. The summed E-state index contributed by atoms with van der Waals surface area (Å²) in [5, 5.41) is 1.16. The van der Waals surface area contributed by atoms with Crippen LogP contribution in [0.15, 0.2) is 48.5 Å². The Morgan fingerprint density at radius 3 is 2.88 bits per heavy atom. The van der Waals surface area contributed by atoms with Crippen LogP contribution in [-0.2, 0) is 0 Å². The summed E-state index contributed by atoms with van der Waals surface area (Å²) >= 11 is 1.67. The molecule has 0 nitrogen and oxygen atoms in total. The highest BCUT2D eigenvalue weighted by Gasteiger charge is 2.04. The zero-order valence-electron chi connectivity index (χ0n) is 8.41. The summed E-state index contributed by atoms with van der Waals surface area (Å²) in [5.74, 6) is -0.193. The largest absolute Gasteiger partial charge is 0.207 e. The molecule has 0 fully saturated rings. The second kappa shape index (κ2) is 3.72. The van der Waals surface area contributed by atoms with Crippen molar-refractivity contribution in [3.63, 3.8) is 0 Å². The van der Waals surface area contributed by atoms with Crippen LogP contribution in [0.1, 0.15) is 0 Å². The molecule has 2 aromatic carbocycles. The van der Waals surface area contributed by atoms with Gasteiger partial charge in [-0.15, -0.1) is 11.3 Å². The van der Waals surface area contributed by atoms with Gasteiger partial charge in [-0.25, -0.2) is 4.39 Å². The van der Waals surface area contributed by atoms with Crippen LogP contribution in [0.5, 0.6) is 0 Å². The molecule has 0 atom stereocenters. The molecule has 0 bridgehead atoms. The fourth-order valence-electron chi connectivity index (χ4n) is 1.71. The van der Waals surface area contributed by atoms with Gasteiger partial charge in [0.2, 0.25) is 0 Å². The minimum absolute atomic E-state index is 0.193. The van der Waals surface area contributed by atoms with E-state index in [1.54, 1.807) is 23.5 Å². The van der Waals surface area contributed by atoms with Crippen LogP contribution >= 0.6 is 11.3 Å². The van der Waals surface area contributed by atoms with Gasteiger partial charge in [-0.2, -0.15) is 0 Å². The molecule has 16 heavy (non-hydrogen) atoms. The van der Waals surface area contributed by atoms with Gasteiger partial charge in [-0.05, 0) is 47.3 Å². The first-order chi connectivity index (χ1) is 7.83. The van der Waals surface area contributed by atoms with E-state index in [1.807, 2.05) is 24.3 Å². The number of hydrogen-bond donors (Lipinski definition) is 0. The van der Waals surface area contributed by atoms with Gasteiger partial charge in [0.05, 0.1) is 0 Å². The van der Waals surface area contributed by atoms with Crippen molar-refractivity contribution in [1.82, 2.24) is 0 Å². The van der Waals surface area contributed by atoms with Crippen LogP contribution in [0.3, 0.4) is 0 Å². The molecular formula is C14H8FS. The van der Waals surface area contributed by atoms with Crippen LogP contribution in [0.2, 0.25) is 0 Å². The molecule has 77 valence electrons. The number of fused-ring (bicyclic) bond motifs is 1. The van der Waals surface area contributed by atoms with Gasteiger partial charge in [0.1, 0.15) is 5.82 Å². The third-order valence-electron chi connectivity index (χ3n) is 2.47. The van der Waals surface area contributed by atoms with E-state index in [0.717, 1.165) is 15.8 Å². The highest BCUT2D eigenvalue weighted by Crippen LogP contribution is 2.33. The second-order valence-corrected chi connectivity index (χ2v) is 4.67. The summed E-state index contributed by atoms with van der Waals surface area (Å²) in [5.41, 5.74) is 0.932. The molecule has 1 aromatic heterocycles. The Bertz CT molecular complexity index is 607. The molecule has 0 aliphatic carbocycles. The van der Waals surface area contributed by atoms with Crippen LogP contribution in [0, 0.1) is 11.9 Å². The lowest BCUT2D eigenvalue weighted by Crippen LogP contribution is -1.74. The van der Waals surface area contributed by atoms with Gasteiger partial charge >= 0.3 is 0 Å². The fourth-order valence-corrected chi connectivity index (χ4v) is 2.75. The molecule has 0 spiro atoms. The first kappa shape index (κ1) is 9.55. The van der Waals surface area contributed by atoms with Gasteiger partial charge in [-0.1, -0.05) is 18.2 Å². The van der Waals surface area contributed by atoms with Gasteiger partial charge < -0.3 is 0 Å². The van der Waals surface area contributed by atoms with Gasteiger partial charge in [0, 0.05) is 9.58 Å². The summed E-state index contributed by atoms with van der Waals surface area (Å²) < 4.78 is 14.3. The predicted octanol–water partition coefficient (Wildman–Crippen LogP) is 4.51. The normalized spacial score (nSPS) is 10.8. The Kier molecular flexibility index (Phi) is 2.22. The zero-order valence-corrected chi connectivity index (χ0v) is 9.22.